The highest BCUT2D eigenvalue weighted by Crippen LogP contribution is 2.22. The van der Waals surface area contributed by atoms with Crippen molar-refractivity contribution < 1.29 is 14.6 Å². The Kier molecular flexibility index (Phi) is 7.63. The topological polar surface area (TPSA) is 61.8 Å². The zero-order chi connectivity index (χ0) is 16.8. The van der Waals surface area contributed by atoms with Gasteiger partial charge in [-0.15, -0.1) is 0 Å². The Morgan fingerprint density at radius 3 is 2.68 bits per heavy atom. The Morgan fingerprint density at radius 2 is 2.09 bits per heavy atom. The van der Waals surface area contributed by atoms with Crippen LogP contribution < -0.4 is 5.32 Å². The van der Waals surface area contributed by atoms with E-state index < -0.39 is 5.60 Å². The van der Waals surface area contributed by atoms with Crippen LogP contribution in [0.15, 0.2) is 0 Å². The highest BCUT2D eigenvalue weighted by Gasteiger charge is 2.30. The van der Waals surface area contributed by atoms with Crippen LogP contribution in [-0.2, 0) is 4.74 Å². The highest BCUT2D eigenvalue weighted by atomic mass is 16.6. The molecule has 5 nitrogen and oxygen atoms in total. The Bertz CT molecular complexity index is 341. The molecule has 1 heterocycles. The van der Waals surface area contributed by atoms with Crippen LogP contribution in [0.2, 0.25) is 0 Å². The van der Waals surface area contributed by atoms with Crippen LogP contribution in [0.1, 0.15) is 60.3 Å². The molecule has 1 aliphatic rings. The number of rotatable bonds is 6. The fourth-order valence-corrected chi connectivity index (χ4v) is 2.98. The van der Waals surface area contributed by atoms with Crippen molar-refractivity contribution in [3.63, 3.8) is 0 Å². The van der Waals surface area contributed by atoms with Gasteiger partial charge in [-0.25, -0.2) is 4.79 Å². The van der Waals surface area contributed by atoms with E-state index in [9.17, 15) is 4.79 Å². The molecule has 0 aromatic rings. The van der Waals surface area contributed by atoms with Gasteiger partial charge in [-0.2, -0.15) is 0 Å². The van der Waals surface area contributed by atoms with E-state index in [1.807, 2.05) is 25.7 Å². The minimum atomic E-state index is -0.438. The lowest BCUT2D eigenvalue weighted by Gasteiger charge is -2.37. The van der Waals surface area contributed by atoms with Crippen LogP contribution in [-0.4, -0.2) is 53.5 Å². The van der Waals surface area contributed by atoms with E-state index in [1.165, 1.54) is 0 Å². The lowest BCUT2D eigenvalue weighted by molar-refractivity contribution is 0.0146. The summed E-state index contributed by atoms with van der Waals surface area (Å²) < 4.78 is 5.48. The van der Waals surface area contributed by atoms with E-state index >= 15 is 0 Å². The van der Waals surface area contributed by atoms with Crippen molar-refractivity contribution in [2.45, 2.75) is 78.0 Å². The van der Waals surface area contributed by atoms with Gasteiger partial charge < -0.3 is 20.1 Å². The standard InChI is InChI=1S/C17H34N2O3/c1-13(8-7-11-20)18-14(2)15-9-6-10-19(12-15)16(21)22-17(3,4)5/h13-15,18,20H,6-12H2,1-5H3. The lowest BCUT2D eigenvalue weighted by atomic mass is 9.91. The van der Waals surface area contributed by atoms with E-state index in [2.05, 4.69) is 19.2 Å². The molecule has 5 heteroatoms. The van der Waals surface area contributed by atoms with Gasteiger partial charge in [0, 0.05) is 31.8 Å². The quantitative estimate of drug-likeness (QED) is 0.791. The summed E-state index contributed by atoms with van der Waals surface area (Å²) in [5.74, 6) is 0.456. The second-order valence-corrected chi connectivity index (χ2v) is 7.55. The minimum absolute atomic E-state index is 0.197. The zero-order valence-corrected chi connectivity index (χ0v) is 14.9. The SMILES string of the molecule is CC(CCCO)NC(C)C1CCCN(C(=O)OC(C)(C)C)C1. The molecule has 0 radical (unpaired) electrons. The van der Waals surface area contributed by atoms with Crippen molar-refractivity contribution in [1.82, 2.24) is 10.2 Å². The summed E-state index contributed by atoms with van der Waals surface area (Å²) in [7, 11) is 0. The maximum absolute atomic E-state index is 12.2. The first-order chi connectivity index (χ1) is 10.2. The van der Waals surface area contributed by atoms with Crippen molar-refractivity contribution in [2.24, 2.45) is 5.92 Å². The molecule has 0 bridgehead atoms. The van der Waals surface area contributed by atoms with E-state index in [1.54, 1.807) is 0 Å². The summed E-state index contributed by atoms with van der Waals surface area (Å²) in [6.45, 7) is 11.8. The Balaban J connectivity index is 2.46. The number of nitrogens with zero attached hydrogens (tertiary/aromatic N) is 1. The van der Waals surface area contributed by atoms with Gasteiger partial charge in [0.15, 0.2) is 0 Å². The maximum Gasteiger partial charge on any atom is 0.410 e. The third-order valence-electron chi connectivity index (χ3n) is 4.16. The van der Waals surface area contributed by atoms with Crippen molar-refractivity contribution >= 4 is 6.09 Å². The number of ether oxygens (including phenoxy) is 1. The summed E-state index contributed by atoms with van der Waals surface area (Å²) in [5.41, 5.74) is -0.438. The van der Waals surface area contributed by atoms with Crippen LogP contribution in [0.5, 0.6) is 0 Å². The molecule has 0 aromatic carbocycles. The van der Waals surface area contributed by atoms with E-state index in [0.29, 0.717) is 18.0 Å². The summed E-state index contributed by atoms with van der Waals surface area (Å²) >= 11 is 0. The number of likely N-dealkylation sites (tertiary alicyclic amines) is 1. The fourth-order valence-electron chi connectivity index (χ4n) is 2.98. The summed E-state index contributed by atoms with van der Waals surface area (Å²) in [5, 5.41) is 12.5. The first-order valence-electron chi connectivity index (χ1n) is 8.57. The third kappa shape index (κ3) is 6.97. The summed E-state index contributed by atoms with van der Waals surface area (Å²) in [6, 6.07) is 0.748. The Hall–Kier alpha value is -0.810. The lowest BCUT2D eigenvalue weighted by Crippen LogP contribution is -2.49. The minimum Gasteiger partial charge on any atom is -0.444 e. The number of aliphatic hydroxyl groups excluding tert-OH is 1. The summed E-state index contributed by atoms with van der Waals surface area (Å²) in [6.07, 6.45) is 3.78. The third-order valence-corrected chi connectivity index (χ3v) is 4.16. The van der Waals surface area contributed by atoms with Crippen LogP contribution in [0.25, 0.3) is 0 Å². The molecule has 0 aromatic heterocycles. The first-order valence-corrected chi connectivity index (χ1v) is 8.57. The van der Waals surface area contributed by atoms with Crippen LogP contribution in [0.3, 0.4) is 0 Å². The van der Waals surface area contributed by atoms with Crippen molar-refractivity contribution in [3.8, 4) is 0 Å². The fraction of sp³-hybridized carbons (Fsp3) is 0.941. The van der Waals surface area contributed by atoms with Gasteiger partial charge in [0.1, 0.15) is 5.60 Å². The number of hydrogen-bond donors (Lipinski definition) is 2. The van der Waals surface area contributed by atoms with Gasteiger partial charge in [0.05, 0.1) is 0 Å². The van der Waals surface area contributed by atoms with Gasteiger partial charge in [-0.1, -0.05) is 0 Å². The molecule has 130 valence electrons. The van der Waals surface area contributed by atoms with Crippen molar-refractivity contribution in [1.29, 1.82) is 0 Å². The number of nitrogens with one attached hydrogen (secondary N) is 1. The largest absolute Gasteiger partial charge is 0.444 e. The molecule has 2 N–H and O–H groups in total. The van der Waals surface area contributed by atoms with Crippen molar-refractivity contribution in [2.75, 3.05) is 19.7 Å². The molecule has 1 fully saturated rings. The monoisotopic (exact) mass is 314 g/mol. The van der Waals surface area contributed by atoms with Crippen LogP contribution >= 0.6 is 0 Å². The van der Waals surface area contributed by atoms with E-state index in [4.69, 9.17) is 9.84 Å². The Labute approximate surface area is 135 Å². The molecule has 1 saturated heterocycles. The number of carbonyl (C=O) groups excluding carboxylic acids is 1. The molecule has 1 amide bonds. The van der Waals surface area contributed by atoms with Crippen LogP contribution in [0.4, 0.5) is 4.79 Å². The van der Waals surface area contributed by atoms with Crippen molar-refractivity contribution in [3.05, 3.63) is 0 Å². The molecule has 1 aliphatic heterocycles. The number of hydrogen-bond acceptors (Lipinski definition) is 4. The normalized spacial score (nSPS) is 22.3. The van der Waals surface area contributed by atoms with Crippen LogP contribution in [0, 0.1) is 5.92 Å². The zero-order valence-electron chi connectivity index (χ0n) is 14.9. The summed E-state index contributed by atoms with van der Waals surface area (Å²) in [4.78, 5) is 14.0. The number of carbonyl (C=O) groups is 1. The maximum atomic E-state index is 12.2. The average Bonchev–Trinajstić information content (AvgIpc) is 2.43. The molecular formula is C17H34N2O3. The smallest absolute Gasteiger partial charge is 0.410 e. The molecule has 0 aliphatic carbocycles. The average molecular weight is 314 g/mol. The number of amides is 1. The second kappa shape index (κ2) is 8.73. The second-order valence-electron chi connectivity index (χ2n) is 7.55. The molecule has 3 unspecified atom stereocenters. The molecular weight excluding hydrogens is 280 g/mol. The van der Waals surface area contributed by atoms with E-state index in [0.717, 1.165) is 38.8 Å². The van der Waals surface area contributed by atoms with Gasteiger partial charge in [0.2, 0.25) is 0 Å². The van der Waals surface area contributed by atoms with Gasteiger partial charge in [-0.3, -0.25) is 0 Å². The van der Waals surface area contributed by atoms with Gasteiger partial charge >= 0.3 is 6.09 Å². The number of piperidine rings is 1. The first kappa shape index (κ1) is 19.2. The molecule has 3 atom stereocenters. The predicted molar refractivity (Wildman–Crippen MR) is 88.9 cm³/mol. The highest BCUT2D eigenvalue weighted by molar-refractivity contribution is 5.68. The van der Waals surface area contributed by atoms with E-state index in [-0.39, 0.29) is 12.7 Å². The van der Waals surface area contributed by atoms with Gasteiger partial charge in [-0.05, 0) is 66.2 Å². The van der Waals surface area contributed by atoms with Gasteiger partial charge in [0.25, 0.3) is 0 Å². The molecule has 0 spiro atoms. The molecule has 22 heavy (non-hydrogen) atoms. The predicted octanol–water partition coefficient (Wildman–Crippen LogP) is 2.77. The molecule has 1 rings (SSSR count). The Morgan fingerprint density at radius 1 is 1.41 bits per heavy atom. The number of aliphatic hydroxyl groups is 1. The molecule has 0 saturated carbocycles.